The first-order chi connectivity index (χ1) is 12.3. The topological polar surface area (TPSA) is 59.8 Å². The molecule has 1 amide bonds. The molecule has 0 aliphatic heterocycles. The average Bonchev–Trinajstić information content (AvgIpc) is 3.08. The van der Waals surface area contributed by atoms with E-state index in [0.29, 0.717) is 6.42 Å². The molecule has 0 saturated heterocycles. The Morgan fingerprint density at radius 3 is 2.62 bits per heavy atom. The standard InChI is InChI=1S/C19H22N4OS2/c1-11-8-15(26-19-20-12(2)10-25-19)6-7-17(11)21-18(24)9-16-13(3)22-23(5)14(16)4/h6-8,10H,9H2,1-5H3,(H,21,24). The molecule has 136 valence electrons. The summed E-state index contributed by atoms with van der Waals surface area (Å²) in [6.45, 7) is 7.93. The van der Waals surface area contributed by atoms with Crippen molar-refractivity contribution in [3.63, 3.8) is 0 Å². The highest BCUT2D eigenvalue weighted by atomic mass is 32.2. The SMILES string of the molecule is Cc1csc(Sc2ccc(NC(=O)Cc3c(C)nn(C)c3C)c(C)c2)n1. The summed E-state index contributed by atoms with van der Waals surface area (Å²) in [6.07, 6.45) is 0.333. The second-order valence-corrected chi connectivity index (χ2v) is 8.51. The Labute approximate surface area is 161 Å². The Hall–Kier alpha value is -2.12. The van der Waals surface area contributed by atoms with Crippen LogP contribution in [0.25, 0.3) is 0 Å². The van der Waals surface area contributed by atoms with Gasteiger partial charge in [0.2, 0.25) is 5.91 Å². The molecule has 1 aromatic carbocycles. The Kier molecular flexibility index (Phi) is 5.48. The molecular formula is C19H22N4OS2. The van der Waals surface area contributed by atoms with Gasteiger partial charge in [0, 0.05) is 40.0 Å². The van der Waals surface area contributed by atoms with Gasteiger partial charge in [0.1, 0.15) is 0 Å². The molecule has 0 aliphatic carbocycles. The first-order valence-electron chi connectivity index (χ1n) is 8.33. The van der Waals surface area contributed by atoms with Crippen molar-refractivity contribution in [2.24, 2.45) is 7.05 Å². The van der Waals surface area contributed by atoms with E-state index in [9.17, 15) is 4.79 Å². The lowest BCUT2D eigenvalue weighted by Crippen LogP contribution is -2.16. The van der Waals surface area contributed by atoms with Crippen molar-refractivity contribution in [3.8, 4) is 0 Å². The number of carbonyl (C=O) groups is 1. The van der Waals surface area contributed by atoms with Gasteiger partial charge in [-0.1, -0.05) is 11.8 Å². The molecule has 0 radical (unpaired) electrons. The van der Waals surface area contributed by atoms with Crippen LogP contribution >= 0.6 is 23.1 Å². The number of aromatic nitrogens is 3. The van der Waals surface area contributed by atoms with E-state index in [2.05, 4.69) is 21.5 Å². The zero-order chi connectivity index (χ0) is 18.8. The van der Waals surface area contributed by atoms with Gasteiger partial charge in [-0.15, -0.1) is 11.3 Å². The minimum absolute atomic E-state index is 0.0248. The predicted octanol–water partition coefficient (Wildman–Crippen LogP) is 4.44. The quantitative estimate of drug-likeness (QED) is 0.704. The molecular weight excluding hydrogens is 364 g/mol. The van der Waals surface area contributed by atoms with Crippen molar-refractivity contribution >= 4 is 34.7 Å². The fraction of sp³-hybridized carbons (Fsp3) is 0.316. The molecule has 0 aliphatic rings. The minimum Gasteiger partial charge on any atom is -0.326 e. The minimum atomic E-state index is -0.0248. The van der Waals surface area contributed by atoms with Crippen molar-refractivity contribution in [1.82, 2.24) is 14.8 Å². The number of thiazole rings is 1. The van der Waals surface area contributed by atoms with E-state index in [1.807, 2.05) is 56.9 Å². The monoisotopic (exact) mass is 386 g/mol. The van der Waals surface area contributed by atoms with Gasteiger partial charge in [-0.25, -0.2) is 4.98 Å². The van der Waals surface area contributed by atoms with E-state index in [0.717, 1.165) is 43.1 Å². The largest absolute Gasteiger partial charge is 0.326 e. The van der Waals surface area contributed by atoms with Gasteiger partial charge in [-0.2, -0.15) is 5.10 Å². The highest BCUT2D eigenvalue weighted by Gasteiger charge is 2.14. The van der Waals surface area contributed by atoms with Crippen molar-refractivity contribution in [2.75, 3.05) is 5.32 Å². The number of hydrogen-bond acceptors (Lipinski definition) is 5. The van der Waals surface area contributed by atoms with E-state index >= 15 is 0 Å². The number of benzene rings is 1. The summed E-state index contributed by atoms with van der Waals surface area (Å²) >= 11 is 3.29. The average molecular weight is 387 g/mol. The molecule has 26 heavy (non-hydrogen) atoms. The van der Waals surface area contributed by atoms with Crippen LogP contribution in [0.15, 0.2) is 32.8 Å². The third-order valence-electron chi connectivity index (χ3n) is 4.27. The summed E-state index contributed by atoms with van der Waals surface area (Å²) in [5, 5.41) is 9.44. The van der Waals surface area contributed by atoms with Crippen molar-refractivity contribution in [3.05, 3.63) is 51.8 Å². The molecule has 7 heteroatoms. The maximum atomic E-state index is 12.5. The fourth-order valence-electron chi connectivity index (χ4n) is 2.75. The second kappa shape index (κ2) is 7.63. The number of aryl methyl sites for hydroxylation is 4. The number of nitrogens with one attached hydrogen (secondary N) is 1. The van der Waals surface area contributed by atoms with E-state index in [-0.39, 0.29) is 5.91 Å². The highest BCUT2D eigenvalue weighted by molar-refractivity contribution is 8.01. The van der Waals surface area contributed by atoms with Gasteiger partial charge < -0.3 is 5.32 Å². The summed E-state index contributed by atoms with van der Waals surface area (Å²) < 4.78 is 2.84. The Morgan fingerprint density at radius 2 is 2.04 bits per heavy atom. The molecule has 2 heterocycles. The predicted molar refractivity (Wildman–Crippen MR) is 107 cm³/mol. The smallest absolute Gasteiger partial charge is 0.228 e. The Balaban J connectivity index is 1.68. The second-order valence-electron chi connectivity index (χ2n) is 6.33. The number of nitrogens with zero attached hydrogens (tertiary/aromatic N) is 3. The van der Waals surface area contributed by atoms with Crippen molar-refractivity contribution in [2.45, 2.75) is 43.4 Å². The van der Waals surface area contributed by atoms with Gasteiger partial charge in [0.15, 0.2) is 4.34 Å². The molecule has 2 aromatic heterocycles. The summed E-state index contributed by atoms with van der Waals surface area (Å²) in [5.41, 5.74) is 5.85. The van der Waals surface area contributed by atoms with Crippen LogP contribution in [0.5, 0.6) is 0 Å². The fourth-order valence-corrected chi connectivity index (χ4v) is 4.66. The molecule has 3 aromatic rings. The Morgan fingerprint density at radius 1 is 1.27 bits per heavy atom. The maximum Gasteiger partial charge on any atom is 0.228 e. The third-order valence-corrected chi connectivity index (χ3v) is 6.32. The molecule has 0 unspecified atom stereocenters. The van der Waals surface area contributed by atoms with Gasteiger partial charge >= 0.3 is 0 Å². The summed E-state index contributed by atoms with van der Waals surface area (Å²) in [7, 11) is 1.90. The van der Waals surface area contributed by atoms with E-state index < -0.39 is 0 Å². The van der Waals surface area contributed by atoms with Crippen LogP contribution in [0, 0.1) is 27.7 Å². The van der Waals surface area contributed by atoms with Crippen molar-refractivity contribution in [1.29, 1.82) is 0 Å². The summed E-state index contributed by atoms with van der Waals surface area (Å²) in [5.74, 6) is -0.0248. The first kappa shape index (κ1) is 18.7. The van der Waals surface area contributed by atoms with Crippen molar-refractivity contribution < 1.29 is 4.79 Å². The first-order valence-corrected chi connectivity index (χ1v) is 10.0. The lowest BCUT2D eigenvalue weighted by Gasteiger charge is -2.10. The number of hydrogen-bond donors (Lipinski definition) is 1. The van der Waals surface area contributed by atoms with Crippen LogP contribution in [0.1, 0.15) is 28.2 Å². The highest BCUT2D eigenvalue weighted by Crippen LogP contribution is 2.32. The van der Waals surface area contributed by atoms with Crippen LogP contribution in [0.2, 0.25) is 0 Å². The molecule has 0 atom stereocenters. The van der Waals surface area contributed by atoms with Crippen LogP contribution in [0.3, 0.4) is 0 Å². The van der Waals surface area contributed by atoms with Crippen LogP contribution < -0.4 is 5.32 Å². The van der Waals surface area contributed by atoms with Gasteiger partial charge in [0.05, 0.1) is 12.1 Å². The third kappa shape index (κ3) is 4.16. The zero-order valence-electron chi connectivity index (χ0n) is 15.6. The van der Waals surface area contributed by atoms with E-state index in [1.54, 1.807) is 23.1 Å². The molecule has 0 saturated carbocycles. The summed E-state index contributed by atoms with van der Waals surface area (Å²) in [6, 6.07) is 6.06. The van der Waals surface area contributed by atoms with Gasteiger partial charge in [-0.05, 0) is 51.5 Å². The van der Waals surface area contributed by atoms with Crippen LogP contribution in [-0.2, 0) is 18.3 Å². The molecule has 0 spiro atoms. The maximum absolute atomic E-state index is 12.5. The lowest BCUT2D eigenvalue weighted by atomic mass is 10.1. The number of rotatable bonds is 5. The molecule has 3 rings (SSSR count). The molecule has 1 N–H and O–H groups in total. The Bertz CT molecular complexity index is 959. The normalized spacial score (nSPS) is 11.0. The van der Waals surface area contributed by atoms with Crippen LogP contribution in [0.4, 0.5) is 5.69 Å². The van der Waals surface area contributed by atoms with Gasteiger partial charge in [0.25, 0.3) is 0 Å². The number of anilines is 1. The van der Waals surface area contributed by atoms with E-state index in [1.165, 1.54) is 0 Å². The van der Waals surface area contributed by atoms with E-state index in [4.69, 9.17) is 0 Å². The van der Waals surface area contributed by atoms with Crippen LogP contribution in [-0.4, -0.2) is 20.7 Å². The molecule has 5 nitrogen and oxygen atoms in total. The zero-order valence-corrected chi connectivity index (χ0v) is 17.2. The van der Waals surface area contributed by atoms with Gasteiger partial charge in [-0.3, -0.25) is 9.48 Å². The number of amides is 1. The molecule has 0 bridgehead atoms. The number of carbonyl (C=O) groups excluding carboxylic acids is 1. The summed E-state index contributed by atoms with van der Waals surface area (Å²) in [4.78, 5) is 18.1. The lowest BCUT2D eigenvalue weighted by molar-refractivity contribution is -0.115. The molecule has 0 fully saturated rings.